The number of amides is 2. The maximum Gasteiger partial charge on any atom is 0.233 e. The van der Waals surface area contributed by atoms with Crippen molar-refractivity contribution in [1.82, 2.24) is 0 Å². The Kier molecular flexibility index (Phi) is 6.49. The van der Waals surface area contributed by atoms with E-state index in [1.54, 1.807) is 6.07 Å². The van der Waals surface area contributed by atoms with Crippen LogP contribution in [0.2, 0.25) is 0 Å². The highest BCUT2D eigenvalue weighted by Crippen LogP contribution is 2.27. The second-order valence-electron chi connectivity index (χ2n) is 6.59. The Hall–Kier alpha value is -3.06. The molecule has 7 nitrogen and oxygen atoms in total. The van der Waals surface area contributed by atoms with E-state index in [-0.39, 0.29) is 12.3 Å². The van der Waals surface area contributed by atoms with E-state index in [9.17, 15) is 9.59 Å². The predicted octanol–water partition coefficient (Wildman–Crippen LogP) is 2.81. The molecular weight excluding hydrogens is 358 g/mol. The van der Waals surface area contributed by atoms with Gasteiger partial charge in [-0.05, 0) is 36.8 Å². The van der Waals surface area contributed by atoms with E-state index < -0.39 is 5.91 Å². The molecular formula is C21H25N3O4. The number of hydrogen-bond acceptors (Lipinski definition) is 5. The van der Waals surface area contributed by atoms with E-state index in [0.29, 0.717) is 30.3 Å². The molecule has 148 valence electrons. The van der Waals surface area contributed by atoms with Crippen molar-refractivity contribution in [1.29, 1.82) is 0 Å². The number of carbonyl (C=O) groups is 2. The smallest absolute Gasteiger partial charge is 0.233 e. The molecule has 2 aromatic carbocycles. The first kappa shape index (κ1) is 19.7. The minimum atomic E-state index is -0.398. The second-order valence-corrected chi connectivity index (χ2v) is 6.59. The molecule has 0 bridgehead atoms. The maximum absolute atomic E-state index is 12.4. The fraction of sp³-hybridized carbons (Fsp3) is 0.333. The number of para-hydroxylation sites is 2. The second kappa shape index (κ2) is 9.23. The van der Waals surface area contributed by atoms with Crippen LogP contribution in [0, 0.1) is 6.92 Å². The van der Waals surface area contributed by atoms with Crippen LogP contribution >= 0.6 is 0 Å². The summed E-state index contributed by atoms with van der Waals surface area (Å²) in [5.41, 5.74) is 3.16. The van der Waals surface area contributed by atoms with Gasteiger partial charge in [-0.1, -0.05) is 18.2 Å². The first-order chi connectivity index (χ1) is 13.6. The fourth-order valence-corrected chi connectivity index (χ4v) is 3.11. The van der Waals surface area contributed by atoms with Gasteiger partial charge < -0.3 is 25.0 Å². The van der Waals surface area contributed by atoms with Crippen LogP contribution in [0.1, 0.15) is 12.0 Å². The number of hydrogen-bond donors (Lipinski definition) is 2. The minimum absolute atomic E-state index is 0.283. The molecule has 1 aliphatic heterocycles. The Morgan fingerprint density at radius 1 is 1.04 bits per heavy atom. The highest BCUT2D eigenvalue weighted by molar-refractivity contribution is 6.09. The van der Waals surface area contributed by atoms with E-state index in [1.165, 1.54) is 7.11 Å². The largest absolute Gasteiger partial charge is 0.495 e. The molecule has 7 heteroatoms. The highest BCUT2D eigenvalue weighted by atomic mass is 16.5. The number of benzene rings is 2. The molecule has 2 amide bonds. The summed E-state index contributed by atoms with van der Waals surface area (Å²) in [5.74, 6) is -0.216. The Bertz CT molecular complexity index is 847. The summed E-state index contributed by atoms with van der Waals surface area (Å²) in [6.45, 7) is 4.76. The van der Waals surface area contributed by atoms with Gasteiger partial charge >= 0.3 is 0 Å². The Balaban J connectivity index is 1.63. The van der Waals surface area contributed by atoms with Gasteiger partial charge in [-0.25, -0.2) is 0 Å². The Morgan fingerprint density at radius 3 is 2.43 bits per heavy atom. The van der Waals surface area contributed by atoms with Crippen molar-refractivity contribution in [2.45, 2.75) is 13.3 Å². The molecule has 2 aromatic rings. The fourth-order valence-electron chi connectivity index (χ4n) is 3.11. The number of anilines is 3. The standard InChI is InChI=1S/C21H25N3O4/c1-15-7-8-19(27-2)17(13-15)23-21(26)14-20(25)22-16-5-3-4-6-18(16)24-9-11-28-12-10-24/h3-8,13H,9-12,14H2,1-2H3,(H,22,25)(H,23,26). The first-order valence-corrected chi connectivity index (χ1v) is 9.23. The summed E-state index contributed by atoms with van der Waals surface area (Å²) < 4.78 is 10.6. The SMILES string of the molecule is COc1ccc(C)cc1NC(=O)CC(=O)Nc1ccccc1N1CCOCC1. The topological polar surface area (TPSA) is 79.9 Å². The molecule has 0 spiro atoms. The molecule has 0 aromatic heterocycles. The van der Waals surface area contributed by atoms with Gasteiger partial charge in [0.1, 0.15) is 12.2 Å². The van der Waals surface area contributed by atoms with Gasteiger partial charge in [0.15, 0.2) is 0 Å². The van der Waals surface area contributed by atoms with Crippen LogP contribution in [0.15, 0.2) is 42.5 Å². The zero-order valence-corrected chi connectivity index (χ0v) is 16.2. The van der Waals surface area contributed by atoms with Crippen molar-refractivity contribution >= 4 is 28.9 Å². The summed E-state index contributed by atoms with van der Waals surface area (Å²) >= 11 is 0. The molecule has 0 saturated carbocycles. The van der Waals surface area contributed by atoms with Crippen LogP contribution in [-0.2, 0) is 14.3 Å². The Morgan fingerprint density at radius 2 is 1.71 bits per heavy atom. The highest BCUT2D eigenvalue weighted by Gasteiger charge is 2.17. The minimum Gasteiger partial charge on any atom is -0.495 e. The van der Waals surface area contributed by atoms with E-state index in [1.807, 2.05) is 43.3 Å². The van der Waals surface area contributed by atoms with Gasteiger partial charge in [0, 0.05) is 13.1 Å². The molecule has 28 heavy (non-hydrogen) atoms. The van der Waals surface area contributed by atoms with Crippen molar-refractivity contribution in [3.8, 4) is 5.75 Å². The third-order valence-corrected chi connectivity index (χ3v) is 4.48. The van der Waals surface area contributed by atoms with E-state index in [0.717, 1.165) is 24.3 Å². The normalized spacial score (nSPS) is 13.7. The third kappa shape index (κ3) is 5.01. The lowest BCUT2D eigenvalue weighted by atomic mass is 10.2. The average molecular weight is 383 g/mol. The number of methoxy groups -OCH3 is 1. The molecule has 0 unspecified atom stereocenters. The predicted molar refractivity (Wildman–Crippen MR) is 109 cm³/mol. The number of aryl methyl sites for hydroxylation is 1. The summed E-state index contributed by atoms with van der Waals surface area (Å²) in [5, 5.41) is 5.60. The summed E-state index contributed by atoms with van der Waals surface area (Å²) in [6.07, 6.45) is -0.283. The van der Waals surface area contributed by atoms with Gasteiger partial charge in [-0.3, -0.25) is 9.59 Å². The molecule has 0 aliphatic carbocycles. The number of nitrogens with zero attached hydrogens (tertiary/aromatic N) is 1. The maximum atomic E-state index is 12.4. The van der Waals surface area contributed by atoms with E-state index in [2.05, 4.69) is 15.5 Å². The average Bonchev–Trinajstić information content (AvgIpc) is 2.69. The first-order valence-electron chi connectivity index (χ1n) is 9.23. The van der Waals surface area contributed by atoms with Crippen LogP contribution in [0.3, 0.4) is 0 Å². The van der Waals surface area contributed by atoms with Gasteiger partial charge in [0.05, 0.1) is 37.4 Å². The van der Waals surface area contributed by atoms with Crippen molar-refractivity contribution in [2.75, 3.05) is 48.9 Å². The van der Waals surface area contributed by atoms with Crippen molar-refractivity contribution in [2.24, 2.45) is 0 Å². The summed E-state index contributed by atoms with van der Waals surface area (Å²) in [6, 6.07) is 13.1. The lowest BCUT2D eigenvalue weighted by Crippen LogP contribution is -2.36. The Labute approximate surface area is 164 Å². The van der Waals surface area contributed by atoms with E-state index in [4.69, 9.17) is 9.47 Å². The molecule has 1 fully saturated rings. The zero-order chi connectivity index (χ0) is 19.9. The van der Waals surface area contributed by atoms with Crippen molar-refractivity contribution < 1.29 is 19.1 Å². The molecule has 1 aliphatic rings. The molecule has 1 heterocycles. The number of nitrogens with one attached hydrogen (secondary N) is 2. The summed E-state index contributed by atoms with van der Waals surface area (Å²) in [4.78, 5) is 26.9. The summed E-state index contributed by atoms with van der Waals surface area (Å²) in [7, 11) is 1.54. The van der Waals surface area contributed by atoms with Crippen LogP contribution < -0.4 is 20.3 Å². The lowest BCUT2D eigenvalue weighted by Gasteiger charge is -2.30. The molecule has 2 N–H and O–H groups in total. The van der Waals surface area contributed by atoms with Crippen LogP contribution in [0.5, 0.6) is 5.75 Å². The quantitative estimate of drug-likeness (QED) is 0.750. The van der Waals surface area contributed by atoms with Crippen molar-refractivity contribution in [3.05, 3.63) is 48.0 Å². The zero-order valence-electron chi connectivity index (χ0n) is 16.2. The van der Waals surface area contributed by atoms with Crippen LogP contribution in [0.4, 0.5) is 17.1 Å². The van der Waals surface area contributed by atoms with Crippen molar-refractivity contribution in [3.63, 3.8) is 0 Å². The molecule has 0 radical (unpaired) electrons. The number of rotatable bonds is 6. The van der Waals surface area contributed by atoms with Gasteiger partial charge in [-0.2, -0.15) is 0 Å². The van der Waals surface area contributed by atoms with Crippen LogP contribution in [0.25, 0.3) is 0 Å². The van der Waals surface area contributed by atoms with Gasteiger partial charge in [0.25, 0.3) is 0 Å². The lowest BCUT2D eigenvalue weighted by molar-refractivity contribution is -0.123. The van der Waals surface area contributed by atoms with Crippen LogP contribution in [-0.4, -0.2) is 45.2 Å². The number of morpholine rings is 1. The monoisotopic (exact) mass is 383 g/mol. The van der Waals surface area contributed by atoms with Gasteiger partial charge in [-0.15, -0.1) is 0 Å². The molecule has 3 rings (SSSR count). The van der Waals surface area contributed by atoms with E-state index >= 15 is 0 Å². The third-order valence-electron chi connectivity index (χ3n) is 4.48. The number of ether oxygens (including phenoxy) is 2. The molecule has 0 atom stereocenters. The molecule has 1 saturated heterocycles. The number of carbonyl (C=O) groups excluding carboxylic acids is 2. The van der Waals surface area contributed by atoms with Gasteiger partial charge in [0.2, 0.25) is 11.8 Å².